The highest BCUT2D eigenvalue weighted by Gasteiger charge is 2.27. The summed E-state index contributed by atoms with van der Waals surface area (Å²) in [6, 6.07) is 21.6. The summed E-state index contributed by atoms with van der Waals surface area (Å²) < 4.78 is 33.6. The maximum absolute atomic E-state index is 13.3. The number of rotatable bonds is 7. The van der Waals surface area contributed by atoms with E-state index < -0.39 is 22.5 Å². The van der Waals surface area contributed by atoms with Crippen LogP contribution in [0.25, 0.3) is 0 Å². The summed E-state index contributed by atoms with van der Waals surface area (Å²) in [5.74, 6) is 0.0218. The lowest BCUT2D eigenvalue weighted by atomic mass is 10.3. The van der Waals surface area contributed by atoms with Crippen molar-refractivity contribution < 1.29 is 17.9 Å². The highest BCUT2D eigenvalue weighted by atomic mass is 79.9. The molecule has 3 aromatic carbocycles. The van der Waals surface area contributed by atoms with E-state index >= 15 is 0 Å². The van der Waals surface area contributed by atoms with Gasteiger partial charge in [-0.1, -0.05) is 46.3 Å². The number of carbonyl (C=O) groups excluding carboxylic acids is 1. The van der Waals surface area contributed by atoms with Gasteiger partial charge in [-0.25, -0.2) is 8.42 Å². The van der Waals surface area contributed by atoms with Gasteiger partial charge in [-0.05, 0) is 42.5 Å². The molecule has 3 rings (SSSR count). The summed E-state index contributed by atoms with van der Waals surface area (Å²) in [5, 5.41) is 2.73. The van der Waals surface area contributed by atoms with Crippen molar-refractivity contribution in [2.75, 3.05) is 23.3 Å². The van der Waals surface area contributed by atoms with Crippen LogP contribution in [0.4, 0.5) is 11.4 Å². The third kappa shape index (κ3) is 5.16. The molecule has 6 nitrogen and oxygen atoms in total. The summed E-state index contributed by atoms with van der Waals surface area (Å²) >= 11 is 3.35. The fraction of sp³-hybridized carbons (Fsp3) is 0.0952. The van der Waals surface area contributed by atoms with Gasteiger partial charge in [0.25, 0.3) is 10.0 Å². The van der Waals surface area contributed by atoms with Crippen molar-refractivity contribution in [3.8, 4) is 5.75 Å². The number of ether oxygens (including phenoxy) is 1. The van der Waals surface area contributed by atoms with Crippen molar-refractivity contribution in [2.24, 2.45) is 0 Å². The number of anilines is 2. The largest absolute Gasteiger partial charge is 0.497 e. The molecule has 0 atom stereocenters. The van der Waals surface area contributed by atoms with E-state index in [0.717, 1.165) is 8.78 Å². The Kier molecular flexibility index (Phi) is 6.56. The lowest BCUT2D eigenvalue weighted by Crippen LogP contribution is -2.38. The van der Waals surface area contributed by atoms with Crippen LogP contribution >= 0.6 is 15.9 Å². The third-order valence-corrected chi connectivity index (χ3v) is 6.35. The van der Waals surface area contributed by atoms with Crippen LogP contribution in [0.5, 0.6) is 5.75 Å². The van der Waals surface area contributed by atoms with Crippen molar-refractivity contribution in [3.05, 3.63) is 83.3 Å². The van der Waals surface area contributed by atoms with E-state index in [2.05, 4.69) is 21.2 Å². The van der Waals surface area contributed by atoms with Crippen molar-refractivity contribution in [1.29, 1.82) is 0 Å². The van der Waals surface area contributed by atoms with Crippen molar-refractivity contribution in [2.45, 2.75) is 4.90 Å². The fourth-order valence-electron chi connectivity index (χ4n) is 2.70. The molecule has 3 aromatic rings. The van der Waals surface area contributed by atoms with E-state index in [1.165, 1.54) is 19.2 Å². The Labute approximate surface area is 178 Å². The zero-order valence-corrected chi connectivity index (χ0v) is 18.0. The van der Waals surface area contributed by atoms with Gasteiger partial charge in [0, 0.05) is 16.2 Å². The summed E-state index contributed by atoms with van der Waals surface area (Å²) in [6.07, 6.45) is 0. The molecule has 0 bridgehead atoms. The number of hydrogen-bond acceptors (Lipinski definition) is 4. The molecule has 0 saturated heterocycles. The first kappa shape index (κ1) is 20.9. The Bertz CT molecular complexity index is 1100. The second-order valence-electron chi connectivity index (χ2n) is 6.08. The first-order chi connectivity index (χ1) is 13.9. The number of nitrogens with zero attached hydrogens (tertiary/aromatic N) is 1. The molecular formula is C21H19BrN2O4S. The monoisotopic (exact) mass is 474 g/mol. The number of sulfonamides is 1. The maximum atomic E-state index is 13.3. The second-order valence-corrected chi connectivity index (χ2v) is 8.86. The SMILES string of the molecule is COc1cccc(N(CC(=O)Nc2cccc(Br)c2)S(=O)(=O)c2ccccc2)c1. The topological polar surface area (TPSA) is 75.7 Å². The smallest absolute Gasteiger partial charge is 0.264 e. The van der Waals surface area contributed by atoms with Crippen molar-refractivity contribution >= 4 is 43.2 Å². The molecule has 1 amide bonds. The quantitative estimate of drug-likeness (QED) is 0.553. The van der Waals surface area contributed by atoms with Gasteiger partial charge in [-0.3, -0.25) is 9.10 Å². The van der Waals surface area contributed by atoms with Gasteiger partial charge >= 0.3 is 0 Å². The van der Waals surface area contributed by atoms with Crippen LogP contribution in [-0.4, -0.2) is 28.0 Å². The number of amides is 1. The minimum absolute atomic E-state index is 0.0954. The standard InChI is InChI=1S/C21H19BrN2O4S/c1-28-19-10-6-9-18(14-19)24(29(26,27)20-11-3-2-4-12-20)15-21(25)23-17-8-5-7-16(22)13-17/h2-14H,15H2,1H3,(H,23,25). The van der Waals surface area contributed by atoms with Crippen LogP contribution in [-0.2, 0) is 14.8 Å². The molecule has 0 aliphatic rings. The maximum Gasteiger partial charge on any atom is 0.264 e. The molecule has 8 heteroatoms. The van der Waals surface area contributed by atoms with Gasteiger partial charge in [0.1, 0.15) is 12.3 Å². The molecule has 0 saturated carbocycles. The molecule has 0 aromatic heterocycles. The molecule has 0 radical (unpaired) electrons. The van der Waals surface area contributed by atoms with Gasteiger partial charge in [0.2, 0.25) is 5.91 Å². The number of halogens is 1. The molecule has 0 aliphatic heterocycles. The Hall–Kier alpha value is -2.84. The molecule has 0 fully saturated rings. The van der Waals surface area contributed by atoms with E-state index in [0.29, 0.717) is 17.1 Å². The summed E-state index contributed by atoms with van der Waals surface area (Å²) in [6.45, 7) is -0.392. The minimum Gasteiger partial charge on any atom is -0.497 e. The normalized spacial score (nSPS) is 11.0. The molecule has 0 spiro atoms. The summed E-state index contributed by atoms with van der Waals surface area (Å²) in [4.78, 5) is 12.8. The zero-order chi connectivity index (χ0) is 20.9. The van der Waals surface area contributed by atoms with E-state index in [4.69, 9.17) is 4.74 Å². The van der Waals surface area contributed by atoms with Gasteiger partial charge in [-0.15, -0.1) is 0 Å². The second kappa shape index (κ2) is 9.11. The van der Waals surface area contributed by atoms with Gasteiger partial charge in [-0.2, -0.15) is 0 Å². The predicted octanol–water partition coefficient (Wildman–Crippen LogP) is 4.29. The molecule has 0 unspecified atom stereocenters. The number of methoxy groups -OCH3 is 1. The van der Waals surface area contributed by atoms with Crippen LogP contribution in [0.1, 0.15) is 0 Å². The Balaban J connectivity index is 1.95. The predicted molar refractivity (Wildman–Crippen MR) is 117 cm³/mol. The van der Waals surface area contributed by atoms with Crippen LogP contribution in [0.3, 0.4) is 0 Å². The number of benzene rings is 3. The number of hydrogen-bond donors (Lipinski definition) is 1. The molecule has 0 aliphatic carbocycles. The van der Waals surface area contributed by atoms with Crippen LogP contribution in [0, 0.1) is 0 Å². The number of nitrogens with one attached hydrogen (secondary N) is 1. The zero-order valence-electron chi connectivity index (χ0n) is 15.6. The van der Waals surface area contributed by atoms with Crippen molar-refractivity contribution in [3.63, 3.8) is 0 Å². The first-order valence-corrected chi connectivity index (χ1v) is 10.9. The summed E-state index contributed by atoms with van der Waals surface area (Å²) in [7, 11) is -2.47. The minimum atomic E-state index is -3.97. The highest BCUT2D eigenvalue weighted by Crippen LogP contribution is 2.27. The molecule has 150 valence electrons. The molecule has 1 N–H and O–H groups in total. The van der Waals surface area contributed by atoms with E-state index in [9.17, 15) is 13.2 Å². The summed E-state index contributed by atoms with van der Waals surface area (Å²) in [5.41, 5.74) is 0.893. The van der Waals surface area contributed by atoms with E-state index in [1.54, 1.807) is 60.7 Å². The van der Waals surface area contributed by atoms with Crippen LogP contribution in [0.15, 0.2) is 88.2 Å². The van der Waals surface area contributed by atoms with Gasteiger partial charge in [0.15, 0.2) is 0 Å². The van der Waals surface area contributed by atoms with E-state index in [1.807, 2.05) is 6.07 Å². The first-order valence-electron chi connectivity index (χ1n) is 8.67. The van der Waals surface area contributed by atoms with Crippen LogP contribution in [0.2, 0.25) is 0 Å². The third-order valence-electron chi connectivity index (χ3n) is 4.07. The van der Waals surface area contributed by atoms with Gasteiger partial charge in [0.05, 0.1) is 17.7 Å². The van der Waals surface area contributed by atoms with Crippen molar-refractivity contribution in [1.82, 2.24) is 0 Å². The molecular weight excluding hydrogens is 456 g/mol. The Morgan fingerprint density at radius 1 is 1.00 bits per heavy atom. The van der Waals surface area contributed by atoms with E-state index in [-0.39, 0.29) is 4.90 Å². The van der Waals surface area contributed by atoms with Gasteiger partial charge < -0.3 is 10.1 Å². The molecule has 0 heterocycles. The average molecular weight is 475 g/mol. The fourth-order valence-corrected chi connectivity index (χ4v) is 4.53. The lowest BCUT2D eigenvalue weighted by Gasteiger charge is -2.24. The Morgan fingerprint density at radius 3 is 2.41 bits per heavy atom. The number of carbonyl (C=O) groups is 1. The Morgan fingerprint density at radius 2 is 1.72 bits per heavy atom. The molecule has 29 heavy (non-hydrogen) atoms. The average Bonchev–Trinajstić information content (AvgIpc) is 2.72. The lowest BCUT2D eigenvalue weighted by molar-refractivity contribution is -0.114. The highest BCUT2D eigenvalue weighted by molar-refractivity contribution is 9.10. The van der Waals surface area contributed by atoms with Crippen LogP contribution < -0.4 is 14.4 Å².